The molecular weight excluding hydrogens is 236 g/mol. The SMILES string of the molecule is COC(=O)CCNC(=O)C(=N)N(C)/C=C/CCN. The molecule has 7 nitrogen and oxygen atoms in total. The van der Waals surface area contributed by atoms with Crippen LogP contribution in [0, 0.1) is 5.41 Å². The number of amidine groups is 1. The predicted molar refractivity (Wildman–Crippen MR) is 67.9 cm³/mol. The Hall–Kier alpha value is -1.89. The van der Waals surface area contributed by atoms with Crippen LogP contribution in [0.3, 0.4) is 0 Å². The van der Waals surface area contributed by atoms with Gasteiger partial charge in [-0.25, -0.2) is 0 Å². The molecule has 0 saturated carbocycles. The third-order valence-corrected chi connectivity index (χ3v) is 2.07. The maximum absolute atomic E-state index is 11.5. The van der Waals surface area contributed by atoms with Crippen LogP contribution >= 0.6 is 0 Å². The standard InChI is InChI=1S/C11H20N4O3/c1-15(8-4-3-6-12)10(13)11(17)14-7-5-9(16)18-2/h4,8,13H,3,5-7,12H2,1-2H3,(H,14,17)/b8-4+,13-10?. The Labute approximate surface area is 106 Å². The summed E-state index contributed by atoms with van der Waals surface area (Å²) in [6, 6.07) is 0. The van der Waals surface area contributed by atoms with Gasteiger partial charge in [0.25, 0.3) is 5.91 Å². The number of carbonyl (C=O) groups excluding carboxylic acids is 2. The van der Waals surface area contributed by atoms with E-state index in [0.717, 1.165) is 0 Å². The van der Waals surface area contributed by atoms with Gasteiger partial charge in [-0.3, -0.25) is 15.0 Å². The first-order chi connectivity index (χ1) is 8.52. The van der Waals surface area contributed by atoms with Gasteiger partial charge >= 0.3 is 5.97 Å². The highest BCUT2D eigenvalue weighted by molar-refractivity contribution is 6.36. The van der Waals surface area contributed by atoms with Crippen molar-refractivity contribution in [2.24, 2.45) is 5.73 Å². The summed E-state index contributed by atoms with van der Waals surface area (Å²) < 4.78 is 4.43. The van der Waals surface area contributed by atoms with Gasteiger partial charge < -0.3 is 20.7 Å². The van der Waals surface area contributed by atoms with Crippen molar-refractivity contribution in [1.29, 1.82) is 5.41 Å². The van der Waals surface area contributed by atoms with E-state index in [2.05, 4.69) is 10.1 Å². The molecule has 0 aliphatic carbocycles. The van der Waals surface area contributed by atoms with Crippen molar-refractivity contribution in [2.75, 3.05) is 27.2 Å². The van der Waals surface area contributed by atoms with E-state index in [9.17, 15) is 9.59 Å². The van der Waals surface area contributed by atoms with Gasteiger partial charge in [-0.05, 0) is 13.0 Å². The minimum absolute atomic E-state index is 0.0856. The molecule has 0 spiro atoms. The highest BCUT2D eigenvalue weighted by Gasteiger charge is 2.12. The molecular formula is C11H20N4O3. The third-order valence-electron chi connectivity index (χ3n) is 2.07. The summed E-state index contributed by atoms with van der Waals surface area (Å²) in [6.45, 7) is 0.664. The Morgan fingerprint density at radius 3 is 2.72 bits per heavy atom. The number of carbonyl (C=O) groups is 2. The van der Waals surface area contributed by atoms with Crippen molar-refractivity contribution in [3.05, 3.63) is 12.3 Å². The fraction of sp³-hybridized carbons (Fsp3) is 0.545. The third kappa shape index (κ3) is 6.64. The van der Waals surface area contributed by atoms with Crippen LogP contribution in [0.2, 0.25) is 0 Å². The maximum atomic E-state index is 11.5. The van der Waals surface area contributed by atoms with E-state index < -0.39 is 11.9 Å². The number of nitrogens with zero attached hydrogens (tertiary/aromatic N) is 1. The van der Waals surface area contributed by atoms with E-state index in [1.54, 1.807) is 19.3 Å². The quantitative estimate of drug-likeness (QED) is 0.335. The summed E-state index contributed by atoms with van der Waals surface area (Å²) in [5.74, 6) is -1.15. The first-order valence-corrected chi connectivity index (χ1v) is 5.56. The summed E-state index contributed by atoms with van der Waals surface area (Å²) in [7, 11) is 2.87. The van der Waals surface area contributed by atoms with E-state index in [1.165, 1.54) is 12.0 Å². The van der Waals surface area contributed by atoms with Gasteiger partial charge in [0.1, 0.15) is 0 Å². The first-order valence-electron chi connectivity index (χ1n) is 5.56. The van der Waals surface area contributed by atoms with E-state index in [1.807, 2.05) is 0 Å². The number of nitrogens with two attached hydrogens (primary N) is 1. The molecule has 0 aliphatic heterocycles. The largest absolute Gasteiger partial charge is 0.469 e. The highest BCUT2D eigenvalue weighted by Crippen LogP contribution is 1.90. The fourth-order valence-corrected chi connectivity index (χ4v) is 1.03. The Balaban J connectivity index is 4.02. The van der Waals surface area contributed by atoms with Gasteiger partial charge in [0.05, 0.1) is 13.5 Å². The molecule has 102 valence electrons. The number of nitrogens with one attached hydrogen (secondary N) is 2. The van der Waals surface area contributed by atoms with Crippen molar-refractivity contribution < 1.29 is 14.3 Å². The number of hydrogen-bond donors (Lipinski definition) is 3. The van der Waals surface area contributed by atoms with E-state index in [4.69, 9.17) is 11.1 Å². The number of esters is 1. The maximum Gasteiger partial charge on any atom is 0.307 e. The lowest BCUT2D eigenvalue weighted by Gasteiger charge is -2.14. The number of ether oxygens (including phenoxy) is 1. The van der Waals surface area contributed by atoms with Gasteiger partial charge in [-0.15, -0.1) is 0 Å². The van der Waals surface area contributed by atoms with Crippen molar-refractivity contribution in [1.82, 2.24) is 10.2 Å². The summed E-state index contributed by atoms with van der Waals surface area (Å²) in [6.07, 6.45) is 4.15. The molecule has 0 aliphatic rings. The second-order valence-electron chi connectivity index (χ2n) is 3.50. The molecule has 0 unspecified atom stereocenters. The van der Waals surface area contributed by atoms with Crippen LogP contribution in [0.25, 0.3) is 0 Å². The Morgan fingerprint density at radius 1 is 1.50 bits per heavy atom. The van der Waals surface area contributed by atoms with Gasteiger partial charge in [-0.1, -0.05) is 6.08 Å². The molecule has 0 heterocycles. The lowest BCUT2D eigenvalue weighted by Crippen LogP contribution is -2.39. The van der Waals surface area contributed by atoms with Gasteiger partial charge in [0, 0.05) is 19.8 Å². The molecule has 7 heteroatoms. The molecule has 0 atom stereocenters. The number of amides is 1. The van der Waals surface area contributed by atoms with Crippen molar-refractivity contribution in [3.8, 4) is 0 Å². The van der Waals surface area contributed by atoms with Crippen LogP contribution in [0.15, 0.2) is 12.3 Å². The average molecular weight is 256 g/mol. The number of likely N-dealkylation sites (N-methyl/N-ethyl adjacent to an activating group) is 1. The van der Waals surface area contributed by atoms with Crippen LogP contribution < -0.4 is 11.1 Å². The summed E-state index contributed by atoms with van der Waals surface area (Å²) in [5.41, 5.74) is 5.31. The molecule has 0 fully saturated rings. The summed E-state index contributed by atoms with van der Waals surface area (Å²) in [4.78, 5) is 23.7. The Kier molecular flexibility index (Phi) is 8.21. The number of methoxy groups -OCH3 is 1. The lowest BCUT2D eigenvalue weighted by atomic mass is 10.4. The molecule has 0 radical (unpaired) electrons. The summed E-state index contributed by atoms with van der Waals surface area (Å²) in [5, 5.41) is 10.0. The first kappa shape index (κ1) is 16.1. The van der Waals surface area contributed by atoms with Crippen LogP contribution in [0.4, 0.5) is 0 Å². The lowest BCUT2D eigenvalue weighted by molar-refractivity contribution is -0.140. The Bertz CT molecular complexity index is 328. The molecule has 0 saturated heterocycles. The highest BCUT2D eigenvalue weighted by atomic mass is 16.5. The molecule has 1 amide bonds. The van der Waals surface area contributed by atoms with Gasteiger partial charge in [0.15, 0.2) is 5.84 Å². The molecule has 0 rings (SSSR count). The molecule has 0 aromatic rings. The topological polar surface area (TPSA) is 109 Å². The smallest absolute Gasteiger partial charge is 0.307 e. The summed E-state index contributed by atoms with van der Waals surface area (Å²) >= 11 is 0. The van der Waals surface area contributed by atoms with Crippen molar-refractivity contribution in [3.63, 3.8) is 0 Å². The second-order valence-corrected chi connectivity index (χ2v) is 3.50. The zero-order chi connectivity index (χ0) is 14.0. The zero-order valence-corrected chi connectivity index (χ0v) is 10.7. The fourth-order valence-electron chi connectivity index (χ4n) is 1.03. The number of rotatable bonds is 6. The Morgan fingerprint density at radius 2 is 2.17 bits per heavy atom. The zero-order valence-electron chi connectivity index (χ0n) is 10.7. The van der Waals surface area contributed by atoms with Gasteiger partial charge in [0.2, 0.25) is 0 Å². The average Bonchev–Trinajstić information content (AvgIpc) is 2.37. The van der Waals surface area contributed by atoms with E-state index in [-0.39, 0.29) is 18.8 Å². The van der Waals surface area contributed by atoms with Gasteiger partial charge in [-0.2, -0.15) is 0 Å². The predicted octanol–water partition coefficient (Wildman–Crippen LogP) is -0.563. The van der Waals surface area contributed by atoms with E-state index in [0.29, 0.717) is 13.0 Å². The van der Waals surface area contributed by atoms with Crippen LogP contribution in [0.1, 0.15) is 12.8 Å². The molecule has 0 aromatic carbocycles. The van der Waals surface area contributed by atoms with Crippen LogP contribution in [-0.2, 0) is 14.3 Å². The molecule has 4 N–H and O–H groups in total. The normalized spacial score (nSPS) is 10.2. The minimum atomic E-state index is -0.543. The number of hydrogen-bond acceptors (Lipinski definition) is 5. The van der Waals surface area contributed by atoms with E-state index >= 15 is 0 Å². The van der Waals surface area contributed by atoms with Crippen molar-refractivity contribution in [2.45, 2.75) is 12.8 Å². The molecule has 0 bridgehead atoms. The monoisotopic (exact) mass is 256 g/mol. The minimum Gasteiger partial charge on any atom is -0.469 e. The molecule has 0 aromatic heterocycles. The van der Waals surface area contributed by atoms with Crippen LogP contribution in [-0.4, -0.2) is 49.9 Å². The molecule has 18 heavy (non-hydrogen) atoms. The second kappa shape index (κ2) is 9.17. The van der Waals surface area contributed by atoms with Crippen LogP contribution in [0.5, 0.6) is 0 Å². The van der Waals surface area contributed by atoms with Crippen molar-refractivity contribution >= 4 is 17.7 Å².